The molecule has 0 saturated carbocycles. The largest absolute Gasteiger partial charge is 0.573 e. The Hall–Kier alpha value is -2.49. The normalized spacial score (nSPS) is 20.4. The maximum atomic E-state index is 12.6. The second-order valence-corrected chi connectivity index (χ2v) is 7.14. The first kappa shape index (κ1) is 22.2. The number of nitrogens with one attached hydrogen (secondary N) is 1. The lowest BCUT2D eigenvalue weighted by atomic mass is 10.2. The van der Waals surface area contributed by atoms with E-state index in [1.165, 1.54) is 12.1 Å². The van der Waals surface area contributed by atoms with E-state index in [-0.39, 0.29) is 24.3 Å². The number of guanidine groups is 1. The van der Waals surface area contributed by atoms with Gasteiger partial charge in [0.2, 0.25) is 0 Å². The van der Waals surface area contributed by atoms with Crippen LogP contribution in [0, 0.1) is 0 Å². The summed E-state index contributed by atoms with van der Waals surface area (Å²) in [5.74, 6) is 0.382. The highest BCUT2D eigenvalue weighted by Crippen LogP contribution is 2.26. The lowest BCUT2D eigenvalue weighted by Gasteiger charge is -2.37. The van der Waals surface area contributed by atoms with Gasteiger partial charge in [-0.2, -0.15) is 0 Å². The van der Waals surface area contributed by atoms with Crippen LogP contribution in [0.5, 0.6) is 5.75 Å². The monoisotopic (exact) mass is 428 g/mol. The minimum absolute atomic E-state index is 0.0346. The number of carbonyl (C=O) groups is 1. The molecule has 1 atom stereocenters. The number of halogens is 3. The van der Waals surface area contributed by atoms with E-state index in [1.807, 2.05) is 16.7 Å². The summed E-state index contributed by atoms with van der Waals surface area (Å²) in [6, 6.07) is 5.98. The number of para-hydroxylation sites is 1. The Morgan fingerprint density at radius 2 is 1.93 bits per heavy atom. The topological polar surface area (TPSA) is 66.4 Å². The summed E-state index contributed by atoms with van der Waals surface area (Å²) in [6.07, 6.45) is -3.41. The molecular formula is C20H27F3N4O3. The standard InChI is InChI=1S/C20H27F3N4O3/c1-2-24-19(25-14-15-6-3-4-7-16(15)30-20(21,22)23)27-11-9-26(10-12-27)18(28)17-8-5-13-29-17/h3-4,6-7,17H,2,5,8-14H2,1H3,(H,24,25). The van der Waals surface area contributed by atoms with Crippen LogP contribution in [-0.4, -0.2) is 73.5 Å². The number of hydrogen-bond donors (Lipinski definition) is 1. The molecule has 1 N–H and O–H groups in total. The number of benzene rings is 1. The molecule has 2 heterocycles. The number of amides is 1. The molecule has 30 heavy (non-hydrogen) atoms. The molecule has 2 saturated heterocycles. The molecule has 3 rings (SSSR count). The van der Waals surface area contributed by atoms with E-state index >= 15 is 0 Å². The maximum Gasteiger partial charge on any atom is 0.573 e. The highest BCUT2D eigenvalue weighted by molar-refractivity contribution is 5.82. The number of hydrogen-bond acceptors (Lipinski definition) is 4. The van der Waals surface area contributed by atoms with Crippen molar-refractivity contribution < 1.29 is 27.4 Å². The summed E-state index contributed by atoms with van der Waals surface area (Å²) in [5, 5.41) is 3.17. The Morgan fingerprint density at radius 1 is 1.23 bits per heavy atom. The molecule has 166 valence electrons. The van der Waals surface area contributed by atoms with Gasteiger partial charge in [0.25, 0.3) is 5.91 Å². The van der Waals surface area contributed by atoms with Crippen LogP contribution in [-0.2, 0) is 16.1 Å². The van der Waals surface area contributed by atoms with Crippen LogP contribution < -0.4 is 10.1 Å². The van der Waals surface area contributed by atoms with Gasteiger partial charge in [-0.1, -0.05) is 18.2 Å². The van der Waals surface area contributed by atoms with Gasteiger partial charge in [-0.25, -0.2) is 4.99 Å². The van der Waals surface area contributed by atoms with Gasteiger partial charge in [0.1, 0.15) is 11.9 Å². The van der Waals surface area contributed by atoms with Crippen molar-refractivity contribution in [1.82, 2.24) is 15.1 Å². The molecular weight excluding hydrogens is 401 g/mol. The first-order valence-electron chi connectivity index (χ1n) is 10.1. The average Bonchev–Trinajstić information content (AvgIpc) is 3.25. The van der Waals surface area contributed by atoms with Crippen molar-refractivity contribution in [3.05, 3.63) is 29.8 Å². The van der Waals surface area contributed by atoms with E-state index in [4.69, 9.17) is 4.74 Å². The second-order valence-electron chi connectivity index (χ2n) is 7.14. The third kappa shape index (κ3) is 6.01. The van der Waals surface area contributed by atoms with Crippen LogP contribution in [0.15, 0.2) is 29.3 Å². The predicted octanol–water partition coefficient (Wildman–Crippen LogP) is 2.37. The van der Waals surface area contributed by atoms with E-state index in [0.29, 0.717) is 50.9 Å². The fourth-order valence-electron chi connectivity index (χ4n) is 3.56. The average molecular weight is 428 g/mol. The quantitative estimate of drug-likeness (QED) is 0.576. The SMILES string of the molecule is CCNC(=NCc1ccccc1OC(F)(F)F)N1CCN(C(=O)C2CCCO2)CC1. The number of rotatable bonds is 5. The molecule has 10 heteroatoms. The predicted molar refractivity (Wildman–Crippen MR) is 105 cm³/mol. The van der Waals surface area contributed by atoms with Gasteiger partial charge in [0.15, 0.2) is 5.96 Å². The fourth-order valence-corrected chi connectivity index (χ4v) is 3.56. The van der Waals surface area contributed by atoms with Crippen LogP contribution in [0.25, 0.3) is 0 Å². The summed E-state index contributed by atoms with van der Waals surface area (Å²) < 4.78 is 47.5. The third-order valence-electron chi connectivity index (χ3n) is 5.03. The lowest BCUT2D eigenvalue weighted by molar-refractivity contribution is -0.274. The van der Waals surface area contributed by atoms with Crippen molar-refractivity contribution >= 4 is 11.9 Å². The molecule has 1 aromatic rings. The number of piperazine rings is 1. The molecule has 1 amide bonds. The van der Waals surface area contributed by atoms with Gasteiger partial charge in [0, 0.05) is 44.9 Å². The number of nitrogens with zero attached hydrogens (tertiary/aromatic N) is 3. The zero-order chi connectivity index (χ0) is 21.6. The van der Waals surface area contributed by atoms with E-state index in [1.54, 1.807) is 12.1 Å². The summed E-state index contributed by atoms with van der Waals surface area (Å²) in [5.41, 5.74) is 0.345. The van der Waals surface area contributed by atoms with Crippen molar-refractivity contribution in [2.75, 3.05) is 39.3 Å². The Kier molecular flexibility index (Phi) is 7.41. The Morgan fingerprint density at radius 3 is 2.57 bits per heavy atom. The summed E-state index contributed by atoms with van der Waals surface area (Å²) in [4.78, 5) is 20.8. The smallest absolute Gasteiger partial charge is 0.405 e. The molecule has 0 bridgehead atoms. The molecule has 7 nitrogen and oxygen atoms in total. The van der Waals surface area contributed by atoms with Crippen LogP contribution in [0.4, 0.5) is 13.2 Å². The van der Waals surface area contributed by atoms with Gasteiger partial charge in [-0.05, 0) is 25.8 Å². The van der Waals surface area contributed by atoms with Crippen LogP contribution in [0.1, 0.15) is 25.3 Å². The van der Waals surface area contributed by atoms with Crippen molar-refractivity contribution in [2.24, 2.45) is 4.99 Å². The number of ether oxygens (including phenoxy) is 2. The van der Waals surface area contributed by atoms with Crippen molar-refractivity contribution in [3.8, 4) is 5.75 Å². The summed E-state index contributed by atoms with van der Waals surface area (Å²) in [6.45, 7) is 5.50. The molecule has 0 aliphatic carbocycles. The first-order chi connectivity index (χ1) is 14.4. The van der Waals surface area contributed by atoms with Gasteiger partial charge >= 0.3 is 6.36 Å². The molecule has 1 unspecified atom stereocenters. The second kappa shape index (κ2) is 10.0. The van der Waals surface area contributed by atoms with E-state index in [0.717, 1.165) is 12.8 Å². The highest BCUT2D eigenvalue weighted by Gasteiger charge is 2.32. The van der Waals surface area contributed by atoms with Gasteiger partial charge in [-0.15, -0.1) is 13.2 Å². The maximum absolute atomic E-state index is 12.6. The van der Waals surface area contributed by atoms with Crippen LogP contribution in [0.2, 0.25) is 0 Å². The minimum Gasteiger partial charge on any atom is -0.405 e. The van der Waals surface area contributed by atoms with E-state index in [9.17, 15) is 18.0 Å². The number of alkyl halides is 3. The van der Waals surface area contributed by atoms with Crippen LogP contribution in [0.3, 0.4) is 0 Å². The van der Waals surface area contributed by atoms with Crippen molar-refractivity contribution in [1.29, 1.82) is 0 Å². The fraction of sp³-hybridized carbons (Fsp3) is 0.600. The number of aliphatic imine (C=N–C) groups is 1. The highest BCUT2D eigenvalue weighted by atomic mass is 19.4. The van der Waals surface area contributed by atoms with Gasteiger partial charge in [0.05, 0.1) is 6.54 Å². The Balaban J connectivity index is 1.62. The summed E-state index contributed by atoms with van der Waals surface area (Å²) >= 11 is 0. The molecule has 2 aliphatic heterocycles. The lowest BCUT2D eigenvalue weighted by Crippen LogP contribution is -2.55. The van der Waals surface area contributed by atoms with Gasteiger partial charge in [-0.3, -0.25) is 4.79 Å². The molecule has 0 aromatic heterocycles. The Labute approximate surface area is 173 Å². The molecule has 0 radical (unpaired) electrons. The Bertz CT molecular complexity index is 743. The molecule has 2 fully saturated rings. The molecule has 2 aliphatic rings. The number of carbonyl (C=O) groups excluding carboxylic acids is 1. The minimum atomic E-state index is -4.75. The van der Waals surface area contributed by atoms with E-state index < -0.39 is 6.36 Å². The molecule has 0 spiro atoms. The van der Waals surface area contributed by atoms with Crippen LogP contribution >= 0.6 is 0 Å². The van der Waals surface area contributed by atoms with E-state index in [2.05, 4.69) is 15.0 Å². The van der Waals surface area contributed by atoms with Crippen molar-refractivity contribution in [3.63, 3.8) is 0 Å². The van der Waals surface area contributed by atoms with Gasteiger partial charge < -0.3 is 24.6 Å². The molecule has 1 aromatic carbocycles. The first-order valence-corrected chi connectivity index (χ1v) is 10.1. The van der Waals surface area contributed by atoms with Crippen molar-refractivity contribution in [2.45, 2.75) is 38.8 Å². The zero-order valence-corrected chi connectivity index (χ0v) is 17.0. The summed E-state index contributed by atoms with van der Waals surface area (Å²) in [7, 11) is 0. The third-order valence-corrected chi connectivity index (χ3v) is 5.03. The zero-order valence-electron chi connectivity index (χ0n) is 17.0.